The summed E-state index contributed by atoms with van der Waals surface area (Å²) in [6.45, 7) is 3.90. The lowest BCUT2D eigenvalue weighted by molar-refractivity contribution is 0.0913. The van der Waals surface area contributed by atoms with Crippen molar-refractivity contribution < 1.29 is 17.7 Å². The first-order valence-electron chi connectivity index (χ1n) is 9.60. The third-order valence-corrected chi connectivity index (χ3v) is 6.44. The fraction of sp³-hybridized carbons (Fsp3) is 0.526. The predicted octanol–water partition coefficient (Wildman–Crippen LogP) is 2.51. The van der Waals surface area contributed by atoms with E-state index < -0.39 is 16.1 Å². The Balaban J connectivity index is 1.51. The van der Waals surface area contributed by atoms with Crippen molar-refractivity contribution in [2.24, 2.45) is 5.92 Å². The second-order valence-electron chi connectivity index (χ2n) is 7.88. The number of hydrogen-bond acceptors (Lipinski definition) is 6. The first kappa shape index (κ1) is 19.1. The van der Waals surface area contributed by atoms with Gasteiger partial charge in [-0.05, 0) is 49.8 Å². The van der Waals surface area contributed by atoms with E-state index in [9.17, 15) is 13.2 Å². The lowest BCUT2D eigenvalue weighted by Gasteiger charge is -2.18. The van der Waals surface area contributed by atoms with Gasteiger partial charge in [-0.2, -0.15) is 4.98 Å². The van der Waals surface area contributed by atoms with Crippen LogP contribution >= 0.6 is 0 Å². The Kier molecular flexibility index (Phi) is 4.96. The van der Waals surface area contributed by atoms with Crippen molar-refractivity contribution in [3.05, 3.63) is 41.5 Å². The van der Waals surface area contributed by atoms with E-state index in [4.69, 9.17) is 4.52 Å². The van der Waals surface area contributed by atoms with Gasteiger partial charge in [0.05, 0.1) is 4.90 Å². The van der Waals surface area contributed by atoms with E-state index in [1.54, 1.807) is 12.1 Å². The van der Waals surface area contributed by atoms with Crippen molar-refractivity contribution in [2.75, 3.05) is 0 Å². The molecule has 2 aromatic rings. The largest absolute Gasteiger partial charge is 0.340 e. The van der Waals surface area contributed by atoms with Gasteiger partial charge >= 0.3 is 0 Å². The van der Waals surface area contributed by atoms with E-state index >= 15 is 0 Å². The molecule has 2 aliphatic rings. The van der Waals surface area contributed by atoms with Gasteiger partial charge in [-0.3, -0.25) is 4.79 Å². The van der Waals surface area contributed by atoms with Crippen LogP contribution in [0.5, 0.6) is 0 Å². The quantitative estimate of drug-likeness (QED) is 0.699. The molecule has 8 nitrogen and oxygen atoms in total. The average Bonchev–Trinajstić information content (AvgIpc) is 3.60. The Bertz CT molecular complexity index is 977. The maximum absolute atomic E-state index is 12.8. The summed E-state index contributed by atoms with van der Waals surface area (Å²) >= 11 is 0. The second-order valence-corrected chi connectivity index (χ2v) is 9.60. The Hall–Kier alpha value is -2.26. The third-order valence-electron chi connectivity index (χ3n) is 4.92. The van der Waals surface area contributed by atoms with Gasteiger partial charge in [0.2, 0.25) is 15.9 Å². The molecule has 1 unspecified atom stereocenters. The summed E-state index contributed by atoms with van der Waals surface area (Å²) in [6, 6.07) is 5.59. The number of amides is 1. The smallest absolute Gasteiger partial charge is 0.251 e. The highest BCUT2D eigenvalue weighted by Gasteiger charge is 2.32. The SMILES string of the molecule is CC(C)C(NC(=O)c1cccc(S(=O)(=O)NC2CC2)c1)c1nc(C2CC2)no1. The Labute approximate surface area is 164 Å². The zero-order chi connectivity index (χ0) is 19.9. The molecule has 0 saturated heterocycles. The maximum atomic E-state index is 12.8. The molecule has 9 heteroatoms. The van der Waals surface area contributed by atoms with Crippen LogP contribution in [-0.4, -0.2) is 30.5 Å². The number of nitrogens with zero attached hydrogens (tertiary/aromatic N) is 2. The van der Waals surface area contributed by atoms with E-state index in [1.807, 2.05) is 13.8 Å². The summed E-state index contributed by atoms with van der Waals surface area (Å²) in [5, 5.41) is 6.92. The molecule has 0 spiro atoms. The summed E-state index contributed by atoms with van der Waals surface area (Å²) in [5.41, 5.74) is 0.270. The first-order valence-corrected chi connectivity index (χ1v) is 11.1. The topological polar surface area (TPSA) is 114 Å². The van der Waals surface area contributed by atoms with Gasteiger partial charge in [0.25, 0.3) is 5.91 Å². The minimum Gasteiger partial charge on any atom is -0.340 e. The Morgan fingerprint density at radius 1 is 1.21 bits per heavy atom. The molecular weight excluding hydrogens is 380 g/mol. The molecule has 4 rings (SSSR count). The molecule has 1 heterocycles. The van der Waals surface area contributed by atoms with Gasteiger partial charge in [0.15, 0.2) is 5.82 Å². The fourth-order valence-electron chi connectivity index (χ4n) is 2.91. The van der Waals surface area contributed by atoms with Crippen LogP contribution in [0.15, 0.2) is 33.7 Å². The van der Waals surface area contributed by atoms with E-state index in [0.29, 0.717) is 17.6 Å². The van der Waals surface area contributed by atoms with Crippen LogP contribution in [0.2, 0.25) is 0 Å². The molecule has 2 N–H and O–H groups in total. The highest BCUT2D eigenvalue weighted by Crippen LogP contribution is 2.38. The number of benzene rings is 1. The predicted molar refractivity (Wildman–Crippen MR) is 101 cm³/mol. The van der Waals surface area contributed by atoms with Gasteiger partial charge in [-0.15, -0.1) is 0 Å². The molecule has 1 aromatic carbocycles. The minimum absolute atomic E-state index is 0.00555. The highest BCUT2D eigenvalue weighted by atomic mass is 32.2. The number of carbonyl (C=O) groups excluding carboxylic acids is 1. The number of aromatic nitrogens is 2. The molecule has 150 valence electrons. The van der Waals surface area contributed by atoms with Crippen molar-refractivity contribution in [3.8, 4) is 0 Å². The monoisotopic (exact) mass is 404 g/mol. The van der Waals surface area contributed by atoms with Gasteiger partial charge in [0.1, 0.15) is 6.04 Å². The molecule has 1 aromatic heterocycles. The van der Waals surface area contributed by atoms with E-state index in [-0.39, 0.29) is 28.3 Å². The second kappa shape index (κ2) is 7.29. The summed E-state index contributed by atoms with van der Waals surface area (Å²) in [4.78, 5) is 17.3. The van der Waals surface area contributed by atoms with Crippen molar-refractivity contribution in [3.63, 3.8) is 0 Å². The maximum Gasteiger partial charge on any atom is 0.251 e. The normalized spacial score (nSPS) is 18.2. The van der Waals surface area contributed by atoms with Crippen molar-refractivity contribution in [1.82, 2.24) is 20.2 Å². The van der Waals surface area contributed by atoms with Crippen LogP contribution in [0.25, 0.3) is 0 Å². The van der Waals surface area contributed by atoms with E-state index in [2.05, 4.69) is 20.2 Å². The van der Waals surface area contributed by atoms with E-state index in [1.165, 1.54) is 12.1 Å². The number of rotatable bonds is 8. The van der Waals surface area contributed by atoms with Crippen LogP contribution in [0.1, 0.15) is 73.6 Å². The van der Waals surface area contributed by atoms with Crippen molar-refractivity contribution in [2.45, 2.75) is 62.4 Å². The molecular formula is C19H24N4O4S. The van der Waals surface area contributed by atoms with Crippen LogP contribution < -0.4 is 10.0 Å². The zero-order valence-electron chi connectivity index (χ0n) is 15.9. The summed E-state index contributed by atoms with van der Waals surface area (Å²) in [7, 11) is -3.62. The van der Waals surface area contributed by atoms with Crippen LogP contribution in [0.4, 0.5) is 0 Å². The first-order chi connectivity index (χ1) is 13.3. The molecule has 1 amide bonds. The minimum atomic E-state index is -3.62. The summed E-state index contributed by atoms with van der Waals surface area (Å²) in [5.74, 6) is 1.08. The molecule has 2 fully saturated rings. The molecule has 1 atom stereocenters. The molecule has 0 radical (unpaired) electrons. The molecule has 2 saturated carbocycles. The van der Waals surface area contributed by atoms with Gasteiger partial charge in [-0.1, -0.05) is 25.1 Å². The van der Waals surface area contributed by atoms with Crippen molar-refractivity contribution in [1.29, 1.82) is 0 Å². The number of sulfonamides is 1. The molecule has 2 aliphatic carbocycles. The van der Waals surface area contributed by atoms with Crippen LogP contribution in [-0.2, 0) is 10.0 Å². The summed E-state index contributed by atoms with van der Waals surface area (Å²) < 4.78 is 32.8. The average molecular weight is 404 g/mol. The standard InChI is InChI=1S/C19H24N4O4S/c1-11(2)16(19-21-17(22-27-19)12-6-7-12)20-18(24)13-4-3-5-15(10-13)28(25,26)23-14-8-9-14/h3-5,10-12,14,16,23H,6-9H2,1-2H3,(H,20,24). The lowest BCUT2D eigenvalue weighted by Crippen LogP contribution is -2.32. The number of nitrogens with one attached hydrogen (secondary N) is 2. The van der Waals surface area contributed by atoms with Gasteiger partial charge in [-0.25, -0.2) is 13.1 Å². The van der Waals surface area contributed by atoms with Gasteiger partial charge < -0.3 is 9.84 Å². The Morgan fingerprint density at radius 2 is 1.96 bits per heavy atom. The zero-order valence-corrected chi connectivity index (χ0v) is 16.7. The fourth-order valence-corrected chi connectivity index (χ4v) is 4.26. The third kappa shape index (κ3) is 4.25. The molecule has 28 heavy (non-hydrogen) atoms. The highest BCUT2D eigenvalue weighted by molar-refractivity contribution is 7.89. The Morgan fingerprint density at radius 3 is 2.61 bits per heavy atom. The number of carbonyl (C=O) groups is 1. The van der Waals surface area contributed by atoms with Gasteiger partial charge in [0, 0.05) is 17.5 Å². The van der Waals surface area contributed by atoms with Crippen molar-refractivity contribution >= 4 is 15.9 Å². The van der Waals surface area contributed by atoms with Crippen LogP contribution in [0.3, 0.4) is 0 Å². The lowest BCUT2D eigenvalue weighted by atomic mass is 10.0. The van der Waals surface area contributed by atoms with Crippen LogP contribution in [0, 0.1) is 5.92 Å². The molecule has 0 aliphatic heterocycles. The molecule has 0 bridgehead atoms. The van der Waals surface area contributed by atoms with E-state index in [0.717, 1.165) is 25.7 Å². The number of hydrogen-bond donors (Lipinski definition) is 2. The summed E-state index contributed by atoms with van der Waals surface area (Å²) in [6.07, 6.45) is 3.83.